The minimum Gasteiger partial charge on any atom is -0.356 e. The van der Waals surface area contributed by atoms with E-state index in [1.54, 1.807) is 12.4 Å². The number of amidine groups is 1. The minimum atomic E-state index is -3.75. The molecule has 7 nitrogen and oxygen atoms in total. The lowest BCUT2D eigenvalue weighted by molar-refractivity contribution is -0.126. The molecule has 0 radical (unpaired) electrons. The maximum absolute atomic E-state index is 12.9. The number of likely N-dealkylation sites (tertiary alicyclic amines) is 1. The molecule has 0 spiro atoms. The highest BCUT2D eigenvalue weighted by Gasteiger charge is 2.35. The van der Waals surface area contributed by atoms with Crippen molar-refractivity contribution in [3.63, 3.8) is 0 Å². The summed E-state index contributed by atoms with van der Waals surface area (Å²) in [6, 6.07) is 9.46. The van der Waals surface area contributed by atoms with Gasteiger partial charge in [-0.15, -0.1) is 4.40 Å². The van der Waals surface area contributed by atoms with E-state index in [9.17, 15) is 13.2 Å². The Bertz CT molecular complexity index is 1200. The Morgan fingerprint density at radius 2 is 1.88 bits per heavy atom. The summed E-state index contributed by atoms with van der Waals surface area (Å²) in [5.74, 6) is 0.440. The number of sulfonamides is 1. The summed E-state index contributed by atoms with van der Waals surface area (Å²) in [6.45, 7) is 7.44. The third kappa shape index (κ3) is 4.46. The number of carbonyl (C=O) groups is 1. The van der Waals surface area contributed by atoms with Crippen LogP contribution in [0.3, 0.4) is 0 Å². The summed E-state index contributed by atoms with van der Waals surface area (Å²) < 4.78 is 29.9. The Balaban J connectivity index is 1.43. The molecule has 2 aliphatic rings. The average molecular weight is 453 g/mol. The van der Waals surface area contributed by atoms with Crippen LogP contribution >= 0.6 is 0 Å². The number of pyridine rings is 1. The lowest BCUT2D eigenvalue weighted by Crippen LogP contribution is -2.43. The summed E-state index contributed by atoms with van der Waals surface area (Å²) in [7, 11) is -3.75. The Labute approximate surface area is 189 Å². The molecule has 1 saturated heterocycles. The Morgan fingerprint density at radius 1 is 1.12 bits per heavy atom. The van der Waals surface area contributed by atoms with E-state index >= 15 is 0 Å². The molecular weight excluding hydrogens is 424 g/mol. The topological polar surface area (TPSA) is 91.7 Å². The molecule has 4 rings (SSSR count). The van der Waals surface area contributed by atoms with Crippen LogP contribution in [0, 0.1) is 19.8 Å². The highest BCUT2D eigenvalue weighted by molar-refractivity contribution is 8.00. The number of amides is 1. The van der Waals surface area contributed by atoms with Crippen LogP contribution in [-0.4, -0.2) is 43.1 Å². The molecule has 1 aromatic heterocycles. The first-order valence-corrected chi connectivity index (χ1v) is 12.3. The number of hydrogen-bond acceptors (Lipinski definition) is 5. The van der Waals surface area contributed by atoms with Crippen LogP contribution in [0.5, 0.6) is 0 Å². The molecule has 3 heterocycles. The van der Waals surface area contributed by atoms with E-state index in [4.69, 9.17) is 0 Å². The molecule has 2 aromatic rings. The molecule has 168 valence electrons. The van der Waals surface area contributed by atoms with Gasteiger partial charge in [-0.2, -0.15) is 8.42 Å². The lowest BCUT2D eigenvalue weighted by atomic mass is 9.95. The maximum Gasteiger partial charge on any atom is 0.285 e. The fourth-order valence-electron chi connectivity index (χ4n) is 4.26. The molecule has 0 aliphatic carbocycles. The molecule has 0 unspecified atom stereocenters. The van der Waals surface area contributed by atoms with Crippen molar-refractivity contribution in [2.75, 3.05) is 13.1 Å². The predicted molar refractivity (Wildman–Crippen MR) is 125 cm³/mol. The standard InChI is InChI=1S/C24H28N4O3S/c1-16-6-7-21(13-17(16)2)22-18(3)23(27-32(22,30)31)28-11-8-20(9-12-28)24(29)26-15-19-5-4-10-25-14-19/h4-7,10,13-14,20H,8-9,11-12,15H2,1-3H3,(H,26,29). The lowest BCUT2D eigenvalue weighted by Gasteiger charge is -2.32. The van der Waals surface area contributed by atoms with Crippen molar-refractivity contribution in [1.82, 2.24) is 15.2 Å². The van der Waals surface area contributed by atoms with Gasteiger partial charge in [-0.25, -0.2) is 0 Å². The largest absolute Gasteiger partial charge is 0.356 e. The summed E-state index contributed by atoms with van der Waals surface area (Å²) >= 11 is 0. The molecule has 0 bridgehead atoms. The van der Waals surface area contributed by atoms with Crippen LogP contribution in [0.15, 0.2) is 52.7 Å². The van der Waals surface area contributed by atoms with Crippen molar-refractivity contribution < 1.29 is 13.2 Å². The van der Waals surface area contributed by atoms with E-state index < -0.39 is 10.0 Å². The first-order chi connectivity index (χ1) is 15.3. The number of aromatic nitrogens is 1. The van der Waals surface area contributed by atoms with Gasteiger partial charge >= 0.3 is 0 Å². The second kappa shape index (κ2) is 8.86. The van der Waals surface area contributed by atoms with E-state index in [1.807, 2.05) is 56.0 Å². The maximum atomic E-state index is 12.9. The van der Waals surface area contributed by atoms with Gasteiger partial charge in [-0.3, -0.25) is 9.78 Å². The first-order valence-electron chi connectivity index (χ1n) is 10.8. The quantitative estimate of drug-likeness (QED) is 0.769. The zero-order valence-corrected chi connectivity index (χ0v) is 19.4. The van der Waals surface area contributed by atoms with Gasteiger partial charge in [-0.1, -0.05) is 24.3 Å². The number of carbonyl (C=O) groups excluding carboxylic acids is 1. The normalized spacial score (nSPS) is 18.6. The smallest absolute Gasteiger partial charge is 0.285 e. The average Bonchev–Trinajstić information content (AvgIpc) is 3.03. The van der Waals surface area contributed by atoms with Crippen molar-refractivity contribution in [2.45, 2.75) is 40.2 Å². The van der Waals surface area contributed by atoms with Gasteiger partial charge in [0.05, 0.1) is 0 Å². The van der Waals surface area contributed by atoms with Crippen molar-refractivity contribution in [1.29, 1.82) is 0 Å². The van der Waals surface area contributed by atoms with Crippen LogP contribution in [0.2, 0.25) is 0 Å². The van der Waals surface area contributed by atoms with Gasteiger partial charge in [0.1, 0.15) is 10.7 Å². The number of benzene rings is 1. The number of nitrogens with zero attached hydrogens (tertiary/aromatic N) is 3. The number of aryl methyl sites for hydroxylation is 2. The van der Waals surface area contributed by atoms with E-state index in [-0.39, 0.29) is 16.7 Å². The highest BCUT2D eigenvalue weighted by atomic mass is 32.2. The number of rotatable bonds is 4. The van der Waals surface area contributed by atoms with Crippen LogP contribution in [0.25, 0.3) is 4.91 Å². The van der Waals surface area contributed by atoms with Crippen molar-refractivity contribution in [3.8, 4) is 0 Å². The molecule has 2 aliphatic heterocycles. The molecule has 1 fully saturated rings. The van der Waals surface area contributed by atoms with Crippen LogP contribution in [-0.2, 0) is 21.4 Å². The van der Waals surface area contributed by atoms with E-state index in [1.165, 1.54) is 0 Å². The molecule has 1 amide bonds. The fourth-order valence-corrected chi connectivity index (χ4v) is 5.73. The second-order valence-corrected chi connectivity index (χ2v) is 10.0. The molecule has 0 saturated carbocycles. The molecule has 8 heteroatoms. The number of nitrogens with one attached hydrogen (secondary N) is 1. The zero-order chi connectivity index (χ0) is 22.9. The van der Waals surface area contributed by atoms with Crippen molar-refractivity contribution >= 4 is 26.7 Å². The number of hydrogen-bond donors (Lipinski definition) is 1. The molecule has 1 N–H and O–H groups in total. The van der Waals surface area contributed by atoms with E-state index in [2.05, 4.69) is 14.7 Å². The first kappa shape index (κ1) is 22.2. The summed E-state index contributed by atoms with van der Waals surface area (Å²) in [5.41, 5.74) is 4.47. The van der Waals surface area contributed by atoms with Crippen LogP contribution < -0.4 is 5.32 Å². The van der Waals surface area contributed by atoms with Crippen molar-refractivity contribution in [2.24, 2.45) is 10.3 Å². The van der Waals surface area contributed by atoms with Gasteiger partial charge in [0.2, 0.25) is 5.91 Å². The van der Waals surface area contributed by atoms with Crippen molar-refractivity contribution in [3.05, 3.63) is 70.6 Å². The summed E-state index contributed by atoms with van der Waals surface area (Å²) in [6.07, 6.45) is 4.76. The van der Waals surface area contributed by atoms with E-state index in [0.29, 0.717) is 49.4 Å². The van der Waals surface area contributed by atoms with Gasteiger partial charge in [0, 0.05) is 43.5 Å². The van der Waals surface area contributed by atoms with Gasteiger partial charge < -0.3 is 10.2 Å². The zero-order valence-electron chi connectivity index (χ0n) is 18.6. The van der Waals surface area contributed by atoms with E-state index in [0.717, 1.165) is 16.7 Å². The van der Waals surface area contributed by atoms with Crippen LogP contribution in [0.4, 0.5) is 0 Å². The molecule has 32 heavy (non-hydrogen) atoms. The SMILES string of the molecule is CC1=C(c2ccc(C)c(C)c2)S(=O)(=O)N=C1N1CCC(C(=O)NCc2cccnc2)CC1. The Kier molecular flexibility index (Phi) is 6.15. The highest BCUT2D eigenvalue weighted by Crippen LogP contribution is 2.35. The second-order valence-electron chi connectivity index (χ2n) is 8.48. The fraction of sp³-hybridized carbons (Fsp3) is 0.375. The number of piperidine rings is 1. The summed E-state index contributed by atoms with van der Waals surface area (Å²) in [4.78, 5) is 18.9. The third-order valence-electron chi connectivity index (χ3n) is 6.26. The van der Waals surface area contributed by atoms with Gasteiger partial charge in [0.25, 0.3) is 10.0 Å². The summed E-state index contributed by atoms with van der Waals surface area (Å²) in [5, 5.41) is 2.98. The van der Waals surface area contributed by atoms with Gasteiger partial charge in [0.15, 0.2) is 0 Å². The predicted octanol–water partition coefficient (Wildman–Crippen LogP) is 3.20. The third-order valence-corrected chi connectivity index (χ3v) is 7.74. The molecular formula is C24H28N4O3S. The minimum absolute atomic E-state index is 0.0255. The van der Waals surface area contributed by atoms with Gasteiger partial charge in [-0.05, 0) is 61.9 Å². The molecule has 0 atom stereocenters. The molecule has 1 aromatic carbocycles. The monoisotopic (exact) mass is 452 g/mol. The van der Waals surface area contributed by atoms with Crippen LogP contribution in [0.1, 0.15) is 42.0 Å². The Hall–Kier alpha value is -3.00. The Morgan fingerprint density at radius 3 is 2.53 bits per heavy atom.